The zero-order chi connectivity index (χ0) is 18.6. The van der Waals surface area contributed by atoms with Crippen molar-refractivity contribution in [1.29, 1.82) is 0 Å². The van der Waals surface area contributed by atoms with Crippen LogP contribution in [0.2, 0.25) is 0 Å². The van der Waals surface area contributed by atoms with Gasteiger partial charge in [0.25, 0.3) is 10.0 Å². The van der Waals surface area contributed by atoms with Crippen LogP contribution in [0.3, 0.4) is 0 Å². The molecule has 0 saturated heterocycles. The van der Waals surface area contributed by atoms with Crippen LogP contribution < -0.4 is 15.4 Å². The Kier molecular flexibility index (Phi) is 5.60. The maximum Gasteiger partial charge on any atom is 0.323 e. The number of para-hydroxylation sites is 3. The minimum atomic E-state index is -3.74. The van der Waals surface area contributed by atoms with Gasteiger partial charge < -0.3 is 10.6 Å². The number of carbonyl (C=O) groups is 1. The first-order chi connectivity index (χ1) is 12.4. The normalized spacial score (nSPS) is 11.0. The van der Waals surface area contributed by atoms with E-state index in [1.807, 2.05) is 6.07 Å². The van der Waals surface area contributed by atoms with E-state index >= 15 is 0 Å². The lowest BCUT2D eigenvalue weighted by molar-refractivity contribution is 0.262. The lowest BCUT2D eigenvalue weighted by Crippen LogP contribution is -2.21. The molecule has 0 aliphatic carbocycles. The second kappa shape index (κ2) is 7.90. The first kappa shape index (κ1) is 18.4. The minimum Gasteiger partial charge on any atom is -0.308 e. The highest BCUT2D eigenvalue weighted by Gasteiger charge is 2.18. The number of anilines is 3. The molecule has 9 heteroatoms. The maximum atomic E-state index is 12.5. The quantitative estimate of drug-likeness (QED) is 0.512. The summed E-state index contributed by atoms with van der Waals surface area (Å²) in [7, 11) is -3.74. The Balaban J connectivity index is 1.77. The van der Waals surface area contributed by atoms with E-state index in [0.717, 1.165) is 11.3 Å². The molecule has 2 amide bonds. The molecule has 0 spiro atoms. The number of hydrogen-bond acceptors (Lipinski definition) is 4. The van der Waals surface area contributed by atoms with Crippen LogP contribution in [-0.2, 0) is 10.0 Å². The molecule has 2 aromatic carbocycles. The average molecular weight is 452 g/mol. The molecule has 3 N–H and O–H groups in total. The van der Waals surface area contributed by atoms with Gasteiger partial charge in [-0.2, -0.15) is 0 Å². The van der Waals surface area contributed by atoms with Gasteiger partial charge in [0, 0.05) is 5.69 Å². The molecule has 26 heavy (non-hydrogen) atoms. The first-order valence-electron chi connectivity index (χ1n) is 7.44. The van der Waals surface area contributed by atoms with Crippen LogP contribution in [0.25, 0.3) is 0 Å². The molecule has 1 heterocycles. The number of urea groups is 1. The van der Waals surface area contributed by atoms with Crippen LogP contribution in [-0.4, -0.2) is 14.4 Å². The van der Waals surface area contributed by atoms with Crippen LogP contribution in [0.4, 0.5) is 21.9 Å². The van der Waals surface area contributed by atoms with Crippen LogP contribution in [0.5, 0.6) is 0 Å². The number of sulfonamides is 1. The highest BCUT2D eigenvalue weighted by Crippen LogP contribution is 2.29. The fourth-order valence-corrected chi connectivity index (χ4v) is 5.21. The second-order valence-electron chi connectivity index (χ2n) is 5.15. The van der Waals surface area contributed by atoms with Crippen LogP contribution >= 0.6 is 27.3 Å². The molecule has 134 valence electrons. The van der Waals surface area contributed by atoms with Crippen molar-refractivity contribution < 1.29 is 13.2 Å². The SMILES string of the molecule is O=C(Nc1ccccc1)Nc1ccccc1NS(=O)(=O)c1ccc(Br)s1. The summed E-state index contributed by atoms with van der Waals surface area (Å²) >= 11 is 4.35. The Bertz CT molecular complexity index is 1020. The molecule has 3 rings (SSSR count). The van der Waals surface area contributed by atoms with Gasteiger partial charge in [0.1, 0.15) is 4.21 Å². The van der Waals surface area contributed by atoms with E-state index in [2.05, 4.69) is 31.3 Å². The predicted octanol–water partition coefficient (Wildman–Crippen LogP) is 4.96. The van der Waals surface area contributed by atoms with Crippen molar-refractivity contribution >= 4 is 60.4 Å². The summed E-state index contributed by atoms with van der Waals surface area (Å²) in [5.41, 5.74) is 1.26. The van der Waals surface area contributed by atoms with Crippen molar-refractivity contribution in [2.75, 3.05) is 15.4 Å². The summed E-state index contributed by atoms with van der Waals surface area (Å²) in [5.74, 6) is 0. The molecule has 0 atom stereocenters. The number of amides is 2. The predicted molar refractivity (Wildman–Crippen MR) is 108 cm³/mol. The monoisotopic (exact) mass is 451 g/mol. The summed E-state index contributed by atoms with van der Waals surface area (Å²) < 4.78 is 28.4. The third-order valence-corrected chi connectivity index (χ3v) is 6.75. The molecule has 0 radical (unpaired) electrons. The number of thiophene rings is 1. The molecule has 0 aliphatic heterocycles. The largest absolute Gasteiger partial charge is 0.323 e. The summed E-state index contributed by atoms with van der Waals surface area (Å²) in [4.78, 5) is 12.2. The highest BCUT2D eigenvalue weighted by molar-refractivity contribution is 9.11. The van der Waals surface area contributed by atoms with Gasteiger partial charge in [0.05, 0.1) is 15.2 Å². The van der Waals surface area contributed by atoms with Gasteiger partial charge in [0.15, 0.2) is 0 Å². The summed E-state index contributed by atoms with van der Waals surface area (Å²) in [5, 5.41) is 5.34. The van der Waals surface area contributed by atoms with E-state index < -0.39 is 16.1 Å². The zero-order valence-electron chi connectivity index (χ0n) is 13.3. The van der Waals surface area contributed by atoms with E-state index in [1.54, 1.807) is 54.6 Å². The Labute approximate surface area is 163 Å². The van der Waals surface area contributed by atoms with Crippen molar-refractivity contribution in [3.8, 4) is 0 Å². The van der Waals surface area contributed by atoms with Crippen molar-refractivity contribution in [2.24, 2.45) is 0 Å². The fourth-order valence-electron chi connectivity index (χ4n) is 2.12. The minimum absolute atomic E-state index is 0.174. The number of rotatable bonds is 5. The first-order valence-corrected chi connectivity index (χ1v) is 10.5. The van der Waals surface area contributed by atoms with Crippen molar-refractivity contribution in [3.05, 3.63) is 70.5 Å². The maximum absolute atomic E-state index is 12.5. The van der Waals surface area contributed by atoms with Gasteiger partial charge in [0.2, 0.25) is 0 Å². The van der Waals surface area contributed by atoms with E-state index in [9.17, 15) is 13.2 Å². The lowest BCUT2D eigenvalue weighted by Gasteiger charge is -2.13. The molecule has 0 aliphatic rings. The molecule has 0 bridgehead atoms. The number of benzene rings is 2. The number of hydrogen-bond donors (Lipinski definition) is 3. The Morgan fingerprint density at radius 2 is 1.50 bits per heavy atom. The summed E-state index contributed by atoms with van der Waals surface area (Å²) in [6.07, 6.45) is 0. The van der Waals surface area contributed by atoms with Gasteiger partial charge in [-0.25, -0.2) is 13.2 Å². The van der Waals surface area contributed by atoms with E-state index in [-0.39, 0.29) is 9.90 Å². The van der Waals surface area contributed by atoms with E-state index in [4.69, 9.17) is 0 Å². The van der Waals surface area contributed by atoms with Gasteiger partial charge in [-0.1, -0.05) is 30.3 Å². The molecule has 6 nitrogen and oxygen atoms in total. The van der Waals surface area contributed by atoms with Crippen LogP contribution in [0.1, 0.15) is 0 Å². The second-order valence-corrected chi connectivity index (χ2v) is 9.53. The topological polar surface area (TPSA) is 87.3 Å². The molecular formula is C17H14BrN3O3S2. The molecule has 1 aromatic heterocycles. The number of nitrogens with one attached hydrogen (secondary N) is 3. The van der Waals surface area contributed by atoms with Crippen molar-refractivity contribution in [3.63, 3.8) is 0 Å². The molecule has 0 fully saturated rings. The number of halogens is 1. The molecule has 0 saturated carbocycles. The molecule has 3 aromatic rings. The van der Waals surface area contributed by atoms with E-state index in [1.165, 1.54) is 6.07 Å². The lowest BCUT2D eigenvalue weighted by atomic mass is 10.3. The summed E-state index contributed by atoms with van der Waals surface area (Å²) in [6, 6.07) is 18.2. The van der Waals surface area contributed by atoms with Gasteiger partial charge in [-0.3, -0.25) is 4.72 Å². The van der Waals surface area contributed by atoms with Gasteiger partial charge >= 0.3 is 6.03 Å². The number of carbonyl (C=O) groups excluding carboxylic acids is 1. The third kappa shape index (κ3) is 4.63. The highest BCUT2D eigenvalue weighted by atomic mass is 79.9. The van der Waals surface area contributed by atoms with Crippen molar-refractivity contribution in [2.45, 2.75) is 4.21 Å². The fraction of sp³-hybridized carbons (Fsp3) is 0. The smallest absolute Gasteiger partial charge is 0.308 e. The average Bonchev–Trinajstić information content (AvgIpc) is 3.05. The molecule has 0 unspecified atom stereocenters. The Hall–Kier alpha value is -2.36. The van der Waals surface area contributed by atoms with Gasteiger partial charge in [-0.15, -0.1) is 11.3 Å². The Morgan fingerprint density at radius 3 is 2.15 bits per heavy atom. The van der Waals surface area contributed by atoms with E-state index in [0.29, 0.717) is 15.2 Å². The van der Waals surface area contributed by atoms with Crippen LogP contribution in [0, 0.1) is 0 Å². The summed E-state index contributed by atoms with van der Waals surface area (Å²) in [6.45, 7) is 0. The van der Waals surface area contributed by atoms with Crippen molar-refractivity contribution in [1.82, 2.24) is 0 Å². The molecular weight excluding hydrogens is 438 g/mol. The Morgan fingerprint density at radius 1 is 0.846 bits per heavy atom. The third-order valence-electron chi connectivity index (χ3n) is 3.26. The van der Waals surface area contributed by atoms with Crippen LogP contribution in [0.15, 0.2) is 74.7 Å². The zero-order valence-corrected chi connectivity index (χ0v) is 16.5. The van der Waals surface area contributed by atoms with Gasteiger partial charge in [-0.05, 0) is 52.3 Å². The standard InChI is InChI=1S/C17H14BrN3O3S2/c18-15-10-11-16(25-15)26(23,24)21-14-9-5-4-8-13(14)20-17(22)19-12-6-2-1-3-7-12/h1-11,21H,(H2,19,20,22).